The Morgan fingerprint density at radius 2 is 1.64 bits per heavy atom. The van der Waals surface area contributed by atoms with Gasteiger partial charge in [-0.15, -0.1) is 0 Å². The van der Waals surface area contributed by atoms with E-state index in [9.17, 15) is 13.2 Å². The molecule has 6 heteroatoms. The summed E-state index contributed by atoms with van der Waals surface area (Å²) in [6, 6.07) is 15.9. The van der Waals surface area contributed by atoms with E-state index in [1.807, 2.05) is 37.3 Å². The molecule has 0 unspecified atom stereocenters. The Labute approximate surface area is 166 Å². The van der Waals surface area contributed by atoms with E-state index in [1.54, 1.807) is 12.1 Å². The zero-order valence-electron chi connectivity index (χ0n) is 16.1. The van der Waals surface area contributed by atoms with Crippen molar-refractivity contribution in [3.63, 3.8) is 0 Å². The Morgan fingerprint density at radius 1 is 1.00 bits per heavy atom. The summed E-state index contributed by atoms with van der Waals surface area (Å²) in [5.74, 6) is -0.397. The second-order valence-corrected chi connectivity index (χ2v) is 8.90. The number of hydrogen-bond donors (Lipinski definition) is 1. The number of sulfonamides is 1. The first kappa shape index (κ1) is 20.3. The third kappa shape index (κ3) is 5.52. The van der Waals surface area contributed by atoms with Crippen LogP contribution in [0.25, 0.3) is 0 Å². The highest BCUT2D eigenvalue weighted by Gasteiger charge is 2.22. The molecule has 0 aromatic heterocycles. The number of nitrogens with one attached hydrogen (secondary N) is 1. The van der Waals surface area contributed by atoms with Gasteiger partial charge in [-0.3, -0.25) is 4.79 Å². The van der Waals surface area contributed by atoms with Crippen LogP contribution in [-0.2, 0) is 21.2 Å². The smallest absolute Gasteiger partial charge is 0.282 e. The van der Waals surface area contributed by atoms with E-state index in [4.69, 9.17) is 0 Å². The van der Waals surface area contributed by atoms with E-state index in [2.05, 4.69) is 9.71 Å². The van der Waals surface area contributed by atoms with Crippen LogP contribution in [-0.4, -0.2) is 26.1 Å². The van der Waals surface area contributed by atoms with Crippen molar-refractivity contribution in [2.24, 2.45) is 4.40 Å². The van der Waals surface area contributed by atoms with Crippen molar-refractivity contribution in [1.82, 2.24) is 5.32 Å². The maximum absolute atomic E-state index is 12.9. The van der Waals surface area contributed by atoms with Gasteiger partial charge in [0.05, 0.1) is 4.90 Å². The molecule has 2 aromatic rings. The molecule has 3 rings (SSSR count). The van der Waals surface area contributed by atoms with E-state index in [0.29, 0.717) is 0 Å². The average molecular weight is 399 g/mol. The summed E-state index contributed by atoms with van der Waals surface area (Å²) in [6.07, 6.45) is 5.36. The second-order valence-electron chi connectivity index (χ2n) is 7.30. The Bertz CT molecular complexity index is 930. The molecule has 0 atom stereocenters. The van der Waals surface area contributed by atoms with Crippen LogP contribution in [0, 0.1) is 6.92 Å². The fourth-order valence-electron chi connectivity index (χ4n) is 3.37. The number of carbonyl (C=O) groups is 1. The van der Waals surface area contributed by atoms with Crippen LogP contribution < -0.4 is 5.32 Å². The molecular formula is C22H26N2O3S. The first-order valence-electron chi connectivity index (χ1n) is 9.69. The van der Waals surface area contributed by atoms with E-state index in [-0.39, 0.29) is 23.1 Å². The molecule has 1 aliphatic carbocycles. The third-order valence-electron chi connectivity index (χ3n) is 4.97. The number of carbonyl (C=O) groups excluding carboxylic acids is 1. The van der Waals surface area contributed by atoms with Crippen LogP contribution in [0.1, 0.15) is 43.2 Å². The first-order valence-corrected chi connectivity index (χ1v) is 11.1. The molecule has 0 bridgehead atoms. The Balaban J connectivity index is 1.88. The maximum atomic E-state index is 12.9. The highest BCUT2D eigenvalue weighted by atomic mass is 32.2. The molecule has 1 aliphatic rings. The van der Waals surface area contributed by atoms with Gasteiger partial charge < -0.3 is 5.32 Å². The lowest BCUT2D eigenvalue weighted by atomic mass is 9.95. The molecular weight excluding hydrogens is 372 g/mol. The van der Waals surface area contributed by atoms with Crippen LogP contribution in [0.2, 0.25) is 0 Å². The number of hydrogen-bond acceptors (Lipinski definition) is 3. The van der Waals surface area contributed by atoms with Gasteiger partial charge in [0.25, 0.3) is 15.9 Å². The molecule has 1 N–H and O–H groups in total. The monoisotopic (exact) mass is 398 g/mol. The number of nitrogens with zero attached hydrogens (tertiary/aromatic N) is 1. The quantitative estimate of drug-likeness (QED) is 0.752. The molecule has 1 amide bonds. The zero-order chi connectivity index (χ0) is 20.0. The molecule has 148 valence electrons. The second kappa shape index (κ2) is 9.15. The molecule has 28 heavy (non-hydrogen) atoms. The number of rotatable bonds is 6. The first-order chi connectivity index (χ1) is 13.4. The molecule has 1 saturated carbocycles. The van der Waals surface area contributed by atoms with Crippen molar-refractivity contribution in [2.45, 2.75) is 56.4 Å². The van der Waals surface area contributed by atoms with Gasteiger partial charge in [-0.1, -0.05) is 67.3 Å². The van der Waals surface area contributed by atoms with E-state index in [1.165, 1.54) is 18.6 Å². The van der Waals surface area contributed by atoms with Gasteiger partial charge in [-0.2, -0.15) is 12.8 Å². The number of aryl methyl sites for hydroxylation is 1. The van der Waals surface area contributed by atoms with Gasteiger partial charge in [-0.25, -0.2) is 0 Å². The minimum atomic E-state index is -3.96. The van der Waals surface area contributed by atoms with Crippen molar-refractivity contribution in [3.05, 3.63) is 65.7 Å². The molecule has 2 aromatic carbocycles. The van der Waals surface area contributed by atoms with Gasteiger partial charge in [-0.05, 0) is 37.5 Å². The van der Waals surface area contributed by atoms with Crippen molar-refractivity contribution < 1.29 is 13.2 Å². The predicted molar refractivity (Wildman–Crippen MR) is 111 cm³/mol. The minimum absolute atomic E-state index is 0.0253. The third-order valence-corrected chi connectivity index (χ3v) is 6.29. The SMILES string of the molecule is Cc1ccc(S(=O)(=O)/N=C(\Cc2ccccc2)C(=O)NC2CCCCC2)cc1. The molecule has 0 radical (unpaired) electrons. The molecule has 0 saturated heterocycles. The van der Waals surface area contributed by atoms with Gasteiger partial charge in [0.1, 0.15) is 5.71 Å². The molecule has 5 nitrogen and oxygen atoms in total. The Morgan fingerprint density at radius 3 is 2.29 bits per heavy atom. The topological polar surface area (TPSA) is 75.6 Å². The van der Waals surface area contributed by atoms with Crippen LogP contribution in [0.5, 0.6) is 0 Å². The largest absolute Gasteiger partial charge is 0.348 e. The summed E-state index contributed by atoms with van der Waals surface area (Å²) < 4.78 is 29.5. The average Bonchev–Trinajstić information content (AvgIpc) is 2.69. The summed E-state index contributed by atoms with van der Waals surface area (Å²) in [5, 5.41) is 2.99. The lowest BCUT2D eigenvalue weighted by Gasteiger charge is -2.23. The van der Waals surface area contributed by atoms with Crippen LogP contribution in [0.4, 0.5) is 0 Å². The summed E-state index contributed by atoms with van der Waals surface area (Å²) in [6.45, 7) is 1.89. The van der Waals surface area contributed by atoms with Crippen LogP contribution in [0.15, 0.2) is 63.9 Å². The van der Waals surface area contributed by atoms with Crippen LogP contribution >= 0.6 is 0 Å². The summed E-state index contributed by atoms with van der Waals surface area (Å²) in [7, 11) is -3.96. The van der Waals surface area contributed by atoms with Crippen molar-refractivity contribution >= 4 is 21.6 Å². The molecule has 0 spiro atoms. The molecule has 0 aliphatic heterocycles. The maximum Gasteiger partial charge on any atom is 0.282 e. The van der Waals surface area contributed by atoms with Crippen molar-refractivity contribution in [1.29, 1.82) is 0 Å². The fourth-order valence-corrected chi connectivity index (χ4v) is 4.39. The van der Waals surface area contributed by atoms with E-state index < -0.39 is 15.9 Å². The lowest BCUT2D eigenvalue weighted by molar-refractivity contribution is -0.115. The standard InChI is InChI=1S/C22H26N2O3S/c1-17-12-14-20(15-13-17)28(26,27)24-21(16-18-8-4-2-5-9-18)22(25)23-19-10-6-3-7-11-19/h2,4-5,8-9,12-15,19H,3,6-7,10-11,16H2,1H3,(H,23,25)/b24-21+. The summed E-state index contributed by atoms with van der Waals surface area (Å²) in [4.78, 5) is 13.0. The predicted octanol–water partition coefficient (Wildman–Crippen LogP) is 3.82. The van der Waals surface area contributed by atoms with E-state index in [0.717, 1.165) is 36.8 Å². The van der Waals surface area contributed by atoms with Crippen molar-refractivity contribution in [2.75, 3.05) is 0 Å². The van der Waals surface area contributed by atoms with E-state index >= 15 is 0 Å². The van der Waals surface area contributed by atoms with Gasteiger partial charge >= 0.3 is 0 Å². The minimum Gasteiger partial charge on any atom is -0.348 e. The highest BCUT2D eigenvalue weighted by molar-refractivity contribution is 7.90. The highest BCUT2D eigenvalue weighted by Crippen LogP contribution is 2.18. The van der Waals surface area contributed by atoms with Crippen LogP contribution in [0.3, 0.4) is 0 Å². The lowest BCUT2D eigenvalue weighted by Crippen LogP contribution is -2.41. The number of benzene rings is 2. The van der Waals surface area contributed by atoms with Gasteiger partial charge in [0.2, 0.25) is 0 Å². The summed E-state index contributed by atoms with van der Waals surface area (Å²) in [5.41, 5.74) is 1.83. The normalized spacial score (nSPS) is 16.0. The zero-order valence-corrected chi connectivity index (χ0v) is 16.9. The summed E-state index contributed by atoms with van der Waals surface area (Å²) >= 11 is 0. The Hall–Kier alpha value is -2.47. The van der Waals surface area contributed by atoms with Gasteiger partial charge in [0, 0.05) is 12.5 Å². The van der Waals surface area contributed by atoms with Crippen molar-refractivity contribution in [3.8, 4) is 0 Å². The Kier molecular flexibility index (Phi) is 6.62. The molecule has 1 fully saturated rings. The molecule has 0 heterocycles. The number of amides is 1. The fraction of sp³-hybridized carbons (Fsp3) is 0.364. The van der Waals surface area contributed by atoms with Gasteiger partial charge in [0.15, 0.2) is 0 Å².